The Hall–Kier alpha value is -3.80. The molecule has 1 aromatic heterocycles. The topological polar surface area (TPSA) is 73.6 Å². The van der Waals surface area contributed by atoms with Crippen LogP contribution >= 0.6 is 0 Å². The summed E-state index contributed by atoms with van der Waals surface area (Å²) in [6, 6.07) is 17.1. The number of imidazole rings is 1. The van der Waals surface area contributed by atoms with Crippen LogP contribution in [0.5, 0.6) is 11.5 Å². The minimum atomic E-state index is -0.934. The second kappa shape index (κ2) is 9.59. The number of benzene rings is 3. The first-order valence-corrected chi connectivity index (χ1v) is 11.4. The molecule has 6 heteroatoms. The number of aryl methyl sites for hydroxylation is 2. The van der Waals surface area contributed by atoms with E-state index in [1.54, 1.807) is 26.4 Å². The highest BCUT2D eigenvalue weighted by Crippen LogP contribution is 2.35. The third kappa shape index (κ3) is 4.36. The molecule has 0 atom stereocenters. The quantitative estimate of drug-likeness (QED) is 0.335. The molecule has 0 saturated heterocycles. The Morgan fingerprint density at radius 3 is 2.35 bits per heavy atom. The van der Waals surface area contributed by atoms with Crippen LogP contribution in [0.1, 0.15) is 42.0 Å². The van der Waals surface area contributed by atoms with Crippen molar-refractivity contribution in [2.24, 2.45) is 5.92 Å². The molecule has 176 valence electrons. The van der Waals surface area contributed by atoms with Crippen molar-refractivity contribution in [2.75, 3.05) is 14.2 Å². The second-order valence-corrected chi connectivity index (χ2v) is 8.84. The Balaban J connectivity index is 1.89. The lowest BCUT2D eigenvalue weighted by molar-refractivity contribution is 0.0697. The average molecular weight is 459 g/mol. The normalized spacial score (nSPS) is 11.2. The van der Waals surface area contributed by atoms with Gasteiger partial charge >= 0.3 is 5.97 Å². The number of fused-ring (bicyclic) bond motifs is 1. The molecular weight excluding hydrogens is 428 g/mol. The van der Waals surface area contributed by atoms with Gasteiger partial charge < -0.3 is 14.6 Å². The van der Waals surface area contributed by atoms with Gasteiger partial charge in [0.2, 0.25) is 0 Å². The van der Waals surface area contributed by atoms with E-state index >= 15 is 0 Å². The lowest BCUT2D eigenvalue weighted by atomic mass is 9.95. The molecule has 0 aliphatic rings. The summed E-state index contributed by atoms with van der Waals surface area (Å²) in [5.41, 5.74) is 5.64. The molecule has 4 rings (SSSR count). The van der Waals surface area contributed by atoms with Gasteiger partial charge in [-0.2, -0.15) is 0 Å². The van der Waals surface area contributed by atoms with Gasteiger partial charge in [-0.25, -0.2) is 9.78 Å². The summed E-state index contributed by atoms with van der Waals surface area (Å²) in [5.74, 6) is 1.88. The minimum Gasteiger partial charge on any atom is -0.493 e. The maximum absolute atomic E-state index is 11.8. The van der Waals surface area contributed by atoms with Crippen molar-refractivity contribution in [3.8, 4) is 28.3 Å². The van der Waals surface area contributed by atoms with Crippen molar-refractivity contribution >= 4 is 17.0 Å². The number of carboxylic acids is 1. The molecule has 0 amide bonds. The SMILES string of the molecule is COc1cc2nc(CCC(C)C)n(-c3ccc(-c4ccccc4C(=O)O)c(C)c3)c2cc1OC. The smallest absolute Gasteiger partial charge is 0.336 e. The van der Waals surface area contributed by atoms with Crippen LogP contribution in [0, 0.1) is 12.8 Å². The van der Waals surface area contributed by atoms with E-state index in [4.69, 9.17) is 14.5 Å². The Kier molecular flexibility index (Phi) is 6.59. The molecular formula is C28H30N2O4. The van der Waals surface area contributed by atoms with Crippen LogP contribution in [0.25, 0.3) is 27.8 Å². The van der Waals surface area contributed by atoms with E-state index in [9.17, 15) is 9.90 Å². The van der Waals surface area contributed by atoms with Crippen molar-refractivity contribution in [1.29, 1.82) is 0 Å². The van der Waals surface area contributed by atoms with E-state index in [1.807, 2.05) is 43.3 Å². The van der Waals surface area contributed by atoms with Crippen LogP contribution in [0.2, 0.25) is 0 Å². The van der Waals surface area contributed by atoms with Crippen molar-refractivity contribution in [2.45, 2.75) is 33.6 Å². The van der Waals surface area contributed by atoms with Crippen LogP contribution in [0.15, 0.2) is 54.6 Å². The predicted molar refractivity (Wildman–Crippen MR) is 134 cm³/mol. The highest BCUT2D eigenvalue weighted by atomic mass is 16.5. The van der Waals surface area contributed by atoms with Gasteiger partial charge in [0, 0.05) is 24.2 Å². The number of aromatic nitrogens is 2. The van der Waals surface area contributed by atoms with E-state index in [2.05, 4.69) is 24.5 Å². The van der Waals surface area contributed by atoms with Gasteiger partial charge in [-0.1, -0.05) is 38.1 Å². The maximum Gasteiger partial charge on any atom is 0.336 e. The van der Waals surface area contributed by atoms with Gasteiger partial charge in [0.05, 0.1) is 30.8 Å². The number of ether oxygens (including phenoxy) is 2. The van der Waals surface area contributed by atoms with Crippen LogP contribution in [0.4, 0.5) is 0 Å². The highest BCUT2D eigenvalue weighted by Gasteiger charge is 2.18. The number of rotatable bonds is 8. The summed E-state index contributed by atoms with van der Waals surface area (Å²) in [7, 11) is 3.25. The van der Waals surface area contributed by atoms with Gasteiger partial charge in [0.1, 0.15) is 5.82 Å². The lowest BCUT2D eigenvalue weighted by Crippen LogP contribution is -2.05. The average Bonchev–Trinajstić information content (AvgIpc) is 3.18. The van der Waals surface area contributed by atoms with E-state index in [1.165, 1.54) is 0 Å². The Labute approximate surface area is 199 Å². The van der Waals surface area contributed by atoms with Crippen molar-refractivity contribution in [1.82, 2.24) is 9.55 Å². The van der Waals surface area contributed by atoms with E-state index in [0.29, 0.717) is 28.5 Å². The summed E-state index contributed by atoms with van der Waals surface area (Å²) in [6.45, 7) is 6.42. The first kappa shape index (κ1) is 23.4. The number of carbonyl (C=O) groups is 1. The molecule has 0 aliphatic carbocycles. The maximum atomic E-state index is 11.8. The molecule has 0 radical (unpaired) electrons. The number of methoxy groups -OCH3 is 2. The fourth-order valence-electron chi connectivity index (χ4n) is 4.32. The molecule has 4 aromatic rings. The van der Waals surface area contributed by atoms with Gasteiger partial charge in [-0.05, 0) is 54.2 Å². The molecule has 34 heavy (non-hydrogen) atoms. The summed E-state index contributed by atoms with van der Waals surface area (Å²) < 4.78 is 13.2. The zero-order valence-electron chi connectivity index (χ0n) is 20.3. The van der Waals surface area contributed by atoms with Crippen LogP contribution in [-0.2, 0) is 6.42 Å². The summed E-state index contributed by atoms with van der Waals surface area (Å²) in [4.78, 5) is 16.7. The number of aromatic carboxylic acids is 1. The number of hydrogen-bond acceptors (Lipinski definition) is 4. The van der Waals surface area contributed by atoms with Crippen molar-refractivity contribution in [3.63, 3.8) is 0 Å². The third-order valence-corrected chi connectivity index (χ3v) is 6.09. The fraction of sp³-hybridized carbons (Fsp3) is 0.286. The van der Waals surface area contributed by atoms with E-state index in [-0.39, 0.29) is 0 Å². The molecule has 1 N–H and O–H groups in total. The van der Waals surface area contributed by atoms with Gasteiger partial charge in [-0.3, -0.25) is 4.57 Å². The summed E-state index contributed by atoms with van der Waals surface area (Å²) >= 11 is 0. The molecule has 0 unspecified atom stereocenters. The monoisotopic (exact) mass is 458 g/mol. The summed E-state index contributed by atoms with van der Waals surface area (Å²) in [6.07, 6.45) is 1.85. The lowest BCUT2D eigenvalue weighted by Gasteiger charge is -2.15. The van der Waals surface area contributed by atoms with Gasteiger partial charge in [0.15, 0.2) is 11.5 Å². The highest BCUT2D eigenvalue weighted by molar-refractivity contribution is 5.96. The molecule has 6 nitrogen and oxygen atoms in total. The molecule has 0 aliphatic heterocycles. The first-order valence-electron chi connectivity index (χ1n) is 11.4. The van der Waals surface area contributed by atoms with E-state index < -0.39 is 5.97 Å². The Bertz CT molecular complexity index is 1350. The largest absolute Gasteiger partial charge is 0.493 e. The van der Waals surface area contributed by atoms with Crippen molar-refractivity contribution in [3.05, 3.63) is 71.5 Å². The predicted octanol–water partition coefficient (Wildman–Crippen LogP) is 6.30. The number of carboxylic acid groups (broad SMARTS) is 1. The van der Waals surface area contributed by atoms with Crippen LogP contribution < -0.4 is 9.47 Å². The zero-order chi connectivity index (χ0) is 24.4. The zero-order valence-corrected chi connectivity index (χ0v) is 20.3. The second-order valence-electron chi connectivity index (χ2n) is 8.84. The van der Waals surface area contributed by atoms with Crippen LogP contribution in [0.3, 0.4) is 0 Å². The Morgan fingerprint density at radius 1 is 1.00 bits per heavy atom. The first-order chi connectivity index (χ1) is 16.3. The molecule has 0 fully saturated rings. The Morgan fingerprint density at radius 2 is 1.71 bits per heavy atom. The molecule has 0 saturated carbocycles. The molecule has 3 aromatic carbocycles. The minimum absolute atomic E-state index is 0.292. The number of nitrogens with zero attached hydrogens (tertiary/aromatic N) is 2. The summed E-state index contributed by atoms with van der Waals surface area (Å²) in [5, 5.41) is 9.64. The van der Waals surface area contributed by atoms with E-state index in [0.717, 1.165) is 46.5 Å². The molecule has 1 heterocycles. The standard InChI is InChI=1S/C28H30N2O4/c1-17(2)10-13-27-29-23-15-25(33-4)26(34-5)16-24(23)30(27)19-11-12-20(18(3)14-19)21-8-6-7-9-22(21)28(31)32/h6-9,11-12,14-17H,10,13H2,1-5H3,(H,31,32). The third-order valence-electron chi connectivity index (χ3n) is 6.09. The molecule has 0 bridgehead atoms. The molecule has 0 spiro atoms. The number of hydrogen-bond donors (Lipinski definition) is 1. The van der Waals surface area contributed by atoms with Gasteiger partial charge in [-0.15, -0.1) is 0 Å². The fourth-order valence-corrected chi connectivity index (χ4v) is 4.32. The van der Waals surface area contributed by atoms with Gasteiger partial charge in [0.25, 0.3) is 0 Å². The van der Waals surface area contributed by atoms with Crippen molar-refractivity contribution < 1.29 is 19.4 Å². The van der Waals surface area contributed by atoms with Crippen LogP contribution in [-0.4, -0.2) is 34.8 Å².